The number of carbonyl (C=O) groups excluding carboxylic acids is 2. The first-order chi connectivity index (χ1) is 8.13. The van der Waals surface area contributed by atoms with E-state index in [2.05, 4.69) is 10.1 Å². The Morgan fingerprint density at radius 1 is 1.29 bits per heavy atom. The van der Waals surface area contributed by atoms with Gasteiger partial charge in [-0.05, 0) is 30.7 Å². The van der Waals surface area contributed by atoms with Crippen molar-refractivity contribution >= 4 is 17.6 Å². The van der Waals surface area contributed by atoms with Crippen molar-refractivity contribution in [3.8, 4) is 0 Å². The van der Waals surface area contributed by atoms with Crippen molar-refractivity contribution in [2.24, 2.45) is 0 Å². The first kappa shape index (κ1) is 13.0. The molecule has 0 spiro atoms. The van der Waals surface area contributed by atoms with Gasteiger partial charge < -0.3 is 15.8 Å². The molecule has 0 saturated carbocycles. The maximum atomic E-state index is 11.7. The van der Waals surface area contributed by atoms with E-state index in [-0.39, 0.29) is 5.78 Å². The van der Waals surface area contributed by atoms with Crippen LogP contribution in [0.15, 0.2) is 24.3 Å². The largest absolute Gasteiger partial charge is 0.453 e. The van der Waals surface area contributed by atoms with Gasteiger partial charge in [0.15, 0.2) is 5.78 Å². The van der Waals surface area contributed by atoms with E-state index < -0.39 is 6.09 Å². The summed E-state index contributed by atoms with van der Waals surface area (Å²) in [5, 5.41) is 2.51. The number of ether oxygens (including phenoxy) is 1. The molecule has 0 atom stereocenters. The molecule has 1 amide bonds. The Morgan fingerprint density at radius 3 is 2.53 bits per heavy atom. The normalized spacial score (nSPS) is 9.71. The molecule has 5 nitrogen and oxygen atoms in total. The van der Waals surface area contributed by atoms with Crippen molar-refractivity contribution in [3.63, 3.8) is 0 Å². The van der Waals surface area contributed by atoms with Crippen molar-refractivity contribution in [2.45, 2.75) is 12.8 Å². The Morgan fingerprint density at radius 2 is 1.94 bits per heavy atom. The lowest BCUT2D eigenvalue weighted by atomic mass is 10.1. The highest BCUT2D eigenvalue weighted by molar-refractivity contribution is 5.96. The predicted octanol–water partition coefficient (Wildman–Crippen LogP) is 1.59. The number of amides is 1. The molecule has 0 unspecified atom stereocenters. The number of nitrogens with two attached hydrogens (primary N) is 1. The van der Waals surface area contributed by atoms with Crippen LogP contribution in [0.3, 0.4) is 0 Å². The number of hydrogen-bond acceptors (Lipinski definition) is 4. The molecular formula is C12H16N2O3. The zero-order chi connectivity index (χ0) is 12.7. The van der Waals surface area contributed by atoms with Crippen LogP contribution in [0.2, 0.25) is 0 Å². The Labute approximate surface area is 99.9 Å². The minimum absolute atomic E-state index is 0.0386. The number of benzene rings is 1. The molecule has 0 fully saturated rings. The second-order valence-corrected chi connectivity index (χ2v) is 3.57. The van der Waals surface area contributed by atoms with Crippen LogP contribution in [-0.2, 0) is 4.74 Å². The number of hydrogen-bond donors (Lipinski definition) is 2. The molecule has 1 aromatic carbocycles. The fourth-order valence-corrected chi connectivity index (χ4v) is 1.32. The number of nitrogens with one attached hydrogen (secondary N) is 1. The van der Waals surface area contributed by atoms with Gasteiger partial charge in [-0.15, -0.1) is 0 Å². The minimum Gasteiger partial charge on any atom is -0.453 e. The van der Waals surface area contributed by atoms with Crippen molar-refractivity contribution in [1.29, 1.82) is 0 Å². The SMILES string of the molecule is COC(=O)NCCCC(=O)c1ccc(N)cc1. The molecule has 17 heavy (non-hydrogen) atoms. The molecule has 0 bridgehead atoms. The maximum Gasteiger partial charge on any atom is 0.406 e. The molecule has 0 aliphatic heterocycles. The Hall–Kier alpha value is -2.04. The summed E-state index contributed by atoms with van der Waals surface area (Å²) in [6.45, 7) is 0.424. The Balaban J connectivity index is 2.30. The number of Topliss-reactive ketones (excluding diaryl/α,β-unsaturated/α-hetero) is 1. The molecule has 0 aromatic heterocycles. The van der Waals surface area contributed by atoms with Gasteiger partial charge in [-0.1, -0.05) is 0 Å². The van der Waals surface area contributed by atoms with Gasteiger partial charge >= 0.3 is 6.09 Å². The maximum absolute atomic E-state index is 11.7. The molecule has 0 saturated heterocycles. The van der Waals surface area contributed by atoms with Gasteiger partial charge in [0.1, 0.15) is 0 Å². The second-order valence-electron chi connectivity index (χ2n) is 3.57. The summed E-state index contributed by atoms with van der Waals surface area (Å²) in [5.41, 5.74) is 6.79. The first-order valence-electron chi connectivity index (χ1n) is 5.34. The topological polar surface area (TPSA) is 81.4 Å². The summed E-state index contributed by atoms with van der Waals surface area (Å²) in [6, 6.07) is 6.79. The van der Waals surface area contributed by atoms with Gasteiger partial charge in [-0.25, -0.2) is 4.79 Å². The van der Waals surface area contributed by atoms with Crippen LogP contribution in [0.4, 0.5) is 10.5 Å². The summed E-state index contributed by atoms with van der Waals surface area (Å²) in [7, 11) is 1.30. The highest BCUT2D eigenvalue weighted by Gasteiger charge is 2.05. The van der Waals surface area contributed by atoms with Gasteiger partial charge in [0.2, 0.25) is 0 Å². The van der Waals surface area contributed by atoms with Crippen molar-refractivity contribution in [1.82, 2.24) is 5.32 Å². The van der Waals surface area contributed by atoms with E-state index in [1.165, 1.54) is 7.11 Å². The lowest BCUT2D eigenvalue weighted by Gasteiger charge is -2.03. The third-order valence-electron chi connectivity index (χ3n) is 2.27. The van der Waals surface area contributed by atoms with Gasteiger partial charge in [0.05, 0.1) is 7.11 Å². The molecular weight excluding hydrogens is 220 g/mol. The molecule has 0 radical (unpaired) electrons. The average Bonchev–Trinajstić information content (AvgIpc) is 2.34. The number of methoxy groups -OCH3 is 1. The van der Waals surface area contributed by atoms with E-state index >= 15 is 0 Å². The average molecular weight is 236 g/mol. The quantitative estimate of drug-likeness (QED) is 0.462. The van der Waals surface area contributed by atoms with E-state index in [0.29, 0.717) is 30.6 Å². The van der Waals surface area contributed by atoms with Crippen LogP contribution in [0.5, 0.6) is 0 Å². The minimum atomic E-state index is -0.482. The molecule has 1 rings (SSSR count). The number of alkyl carbamates (subject to hydrolysis) is 1. The standard InChI is InChI=1S/C12H16N2O3/c1-17-12(16)14-8-2-3-11(15)9-4-6-10(13)7-5-9/h4-7H,2-3,8,13H2,1H3,(H,14,16). The Kier molecular flexibility index (Phi) is 5.00. The summed E-state index contributed by atoms with van der Waals surface area (Å²) in [4.78, 5) is 22.4. The second kappa shape index (κ2) is 6.52. The highest BCUT2D eigenvalue weighted by Crippen LogP contribution is 2.08. The highest BCUT2D eigenvalue weighted by atomic mass is 16.5. The fraction of sp³-hybridized carbons (Fsp3) is 0.333. The summed E-state index contributed by atoms with van der Waals surface area (Å²) in [6.07, 6.45) is 0.483. The molecule has 5 heteroatoms. The molecule has 1 aromatic rings. The molecule has 3 N–H and O–H groups in total. The number of carbonyl (C=O) groups is 2. The van der Waals surface area contributed by atoms with Gasteiger partial charge in [-0.3, -0.25) is 4.79 Å². The van der Waals surface area contributed by atoms with Crippen LogP contribution in [0.1, 0.15) is 23.2 Å². The summed E-state index contributed by atoms with van der Waals surface area (Å²) < 4.78 is 4.41. The smallest absolute Gasteiger partial charge is 0.406 e. The summed E-state index contributed by atoms with van der Waals surface area (Å²) in [5.74, 6) is 0.0386. The predicted molar refractivity (Wildman–Crippen MR) is 64.8 cm³/mol. The molecule has 0 aliphatic rings. The Bertz CT molecular complexity index is 387. The van der Waals surface area contributed by atoms with Gasteiger partial charge in [0.25, 0.3) is 0 Å². The summed E-state index contributed by atoms with van der Waals surface area (Å²) >= 11 is 0. The molecule has 0 heterocycles. The monoisotopic (exact) mass is 236 g/mol. The van der Waals surface area contributed by atoms with E-state index in [9.17, 15) is 9.59 Å². The molecule has 0 aliphatic carbocycles. The van der Waals surface area contributed by atoms with Crippen LogP contribution in [0, 0.1) is 0 Å². The zero-order valence-corrected chi connectivity index (χ0v) is 9.73. The van der Waals surface area contributed by atoms with Crippen LogP contribution in [-0.4, -0.2) is 25.5 Å². The number of rotatable bonds is 5. The fourth-order valence-electron chi connectivity index (χ4n) is 1.32. The first-order valence-corrected chi connectivity index (χ1v) is 5.34. The van der Waals surface area contributed by atoms with E-state index in [1.807, 2.05) is 0 Å². The molecule has 92 valence electrons. The third-order valence-corrected chi connectivity index (χ3v) is 2.27. The van der Waals surface area contributed by atoms with E-state index in [0.717, 1.165) is 0 Å². The van der Waals surface area contributed by atoms with Crippen molar-refractivity contribution < 1.29 is 14.3 Å². The van der Waals surface area contributed by atoms with Crippen molar-refractivity contribution in [3.05, 3.63) is 29.8 Å². The van der Waals surface area contributed by atoms with Gasteiger partial charge in [-0.2, -0.15) is 0 Å². The third kappa shape index (κ3) is 4.55. The lowest BCUT2D eigenvalue weighted by molar-refractivity contribution is 0.0979. The van der Waals surface area contributed by atoms with Crippen LogP contribution < -0.4 is 11.1 Å². The van der Waals surface area contributed by atoms with Crippen LogP contribution >= 0.6 is 0 Å². The van der Waals surface area contributed by atoms with E-state index in [1.54, 1.807) is 24.3 Å². The zero-order valence-electron chi connectivity index (χ0n) is 9.73. The van der Waals surface area contributed by atoms with Gasteiger partial charge in [0, 0.05) is 24.2 Å². The van der Waals surface area contributed by atoms with Crippen LogP contribution in [0.25, 0.3) is 0 Å². The number of nitrogen functional groups attached to an aromatic ring is 1. The van der Waals surface area contributed by atoms with E-state index in [4.69, 9.17) is 5.73 Å². The number of anilines is 1. The van der Waals surface area contributed by atoms with Crippen molar-refractivity contribution in [2.75, 3.05) is 19.4 Å². The number of ketones is 1. The lowest BCUT2D eigenvalue weighted by Crippen LogP contribution is -2.24.